The number of hydrogen-bond donors (Lipinski definition) is 3. The lowest BCUT2D eigenvalue weighted by atomic mass is 9.77. The number of aliphatic hydroxyl groups excluding tert-OH is 1. The molecule has 1 aliphatic carbocycles. The van der Waals surface area contributed by atoms with Crippen LogP contribution in [0.2, 0.25) is 0 Å². The Labute approximate surface area is 225 Å². The van der Waals surface area contributed by atoms with Gasteiger partial charge in [0.25, 0.3) is 0 Å². The minimum Gasteiger partial charge on any atom is -0.369 e. The second-order valence-electron chi connectivity index (χ2n) is 11.8. The Bertz CT molecular complexity index is 1410. The summed E-state index contributed by atoms with van der Waals surface area (Å²) in [7, 11) is 0.621. The van der Waals surface area contributed by atoms with E-state index in [4.69, 9.17) is 5.10 Å². The number of benzene rings is 1. The molecule has 10 nitrogen and oxygen atoms in total. The Morgan fingerprint density at radius 2 is 2.00 bits per heavy atom. The second kappa shape index (κ2) is 9.38. The monoisotopic (exact) mass is 539 g/mol. The third kappa shape index (κ3) is 4.39. The van der Waals surface area contributed by atoms with Crippen LogP contribution in [-0.4, -0.2) is 58.2 Å². The Hall–Kier alpha value is -2.91. The molecule has 1 atom stereocenters. The zero-order valence-electron chi connectivity index (χ0n) is 22.7. The first-order chi connectivity index (χ1) is 17.9. The summed E-state index contributed by atoms with van der Waals surface area (Å²) in [6.45, 7) is 5.97. The molecule has 0 saturated heterocycles. The van der Waals surface area contributed by atoms with Gasteiger partial charge >= 0.3 is 0 Å². The lowest BCUT2D eigenvalue weighted by Gasteiger charge is -2.41. The highest BCUT2D eigenvalue weighted by Crippen LogP contribution is 2.43. The molecule has 1 aromatic carbocycles. The van der Waals surface area contributed by atoms with E-state index in [1.54, 1.807) is 18.3 Å². The van der Waals surface area contributed by atoms with E-state index in [9.17, 15) is 18.8 Å². The highest BCUT2D eigenvalue weighted by molar-refractivity contribution is 7.89. The fourth-order valence-electron chi connectivity index (χ4n) is 6.02. The summed E-state index contributed by atoms with van der Waals surface area (Å²) in [6, 6.07) is 8.07. The number of rotatable bonds is 5. The van der Waals surface area contributed by atoms with Crippen molar-refractivity contribution in [1.82, 2.24) is 24.3 Å². The zero-order chi connectivity index (χ0) is 27.5. The lowest BCUT2D eigenvalue weighted by molar-refractivity contribution is 0.113. The SMILES string of the molecule is CN(C)C1CCC(CC#N)(n2nc(Nc3ccc4c(c3)CN(C(C)(C)C)S4(=O)=O)c3c2C=CNC3O)CC1. The molecule has 5 rings (SSSR count). The minimum atomic E-state index is -3.56. The third-order valence-electron chi connectivity index (χ3n) is 8.15. The molecule has 3 heterocycles. The van der Waals surface area contributed by atoms with Crippen molar-refractivity contribution in [3.63, 3.8) is 0 Å². The highest BCUT2D eigenvalue weighted by Gasteiger charge is 2.43. The molecule has 1 saturated carbocycles. The van der Waals surface area contributed by atoms with E-state index < -0.39 is 27.3 Å². The Balaban J connectivity index is 1.52. The molecule has 1 fully saturated rings. The maximum Gasteiger partial charge on any atom is 0.244 e. The fraction of sp³-hybridized carbons (Fsp3) is 0.556. The van der Waals surface area contributed by atoms with Gasteiger partial charge in [-0.15, -0.1) is 0 Å². The van der Waals surface area contributed by atoms with Gasteiger partial charge in [-0.25, -0.2) is 8.42 Å². The molecular weight excluding hydrogens is 502 g/mol. The zero-order valence-corrected chi connectivity index (χ0v) is 23.5. The number of aliphatic hydroxyl groups is 1. The van der Waals surface area contributed by atoms with Gasteiger partial charge in [0.2, 0.25) is 10.0 Å². The normalized spacial score (nSPS) is 26.5. The third-order valence-corrected chi connectivity index (χ3v) is 10.4. The van der Waals surface area contributed by atoms with Crippen LogP contribution in [0.15, 0.2) is 29.3 Å². The van der Waals surface area contributed by atoms with Gasteiger partial charge in [-0.3, -0.25) is 4.68 Å². The van der Waals surface area contributed by atoms with E-state index in [0.29, 0.717) is 41.0 Å². The topological polar surface area (TPSA) is 127 Å². The average molecular weight is 540 g/mol. The molecule has 3 N–H and O–H groups in total. The van der Waals surface area contributed by atoms with Crippen LogP contribution < -0.4 is 10.6 Å². The van der Waals surface area contributed by atoms with Crippen LogP contribution in [0, 0.1) is 11.3 Å². The summed E-state index contributed by atoms with van der Waals surface area (Å²) in [5.74, 6) is 0.491. The number of sulfonamides is 1. The van der Waals surface area contributed by atoms with Crippen molar-refractivity contribution in [2.45, 2.75) is 87.7 Å². The molecule has 204 valence electrons. The van der Waals surface area contributed by atoms with Crippen LogP contribution in [0.1, 0.15) is 75.9 Å². The van der Waals surface area contributed by atoms with E-state index in [-0.39, 0.29) is 0 Å². The predicted octanol–water partition coefficient (Wildman–Crippen LogP) is 3.61. The molecule has 2 aliphatic heterocycles. The van der Waals surface area contributed by atoms with E-state index >= 15 is 0 Å². The summed E-state index contributed by atoms with van der Waals surface area (Å²) < 4.78 is 29.6. The number of fused-ring (bicyclic) bond motifs is 2. The number of nitrogens with one attached hydrogen (secondary N) is 2. The van der Waals surface area contributed by atoms with Gasteiger partial charge in [0.15, 0.2) is 12.0 Å². The van der Waals surface area contributed by atoms with Crippen molar-refractivity contribution in [2.75, 3.05) is 19.4 Å². The van der Waals surface area contributed by atoms with Crippen LogP contribution in [-0.2, 0) is 22.1 Å². The number of aromatic nitrogens is 2. The van der Waals surface area contributed by atoms with E-state index in [0.717, 1.165) is 36.9 Å². The van der Waals surface area contributed by atoms with Crippen LogP contribution in [0.4, 0.5) is 11.5 Å². The van der Waals surface area contributed by atoms with Crippen molar-refractivity contribution in [2.24, 2.45) is 0 Å². The van der Waals surface area contributed by atoms with Crippen molar-refractivity contribution in [3.8, 4) is 6.07 Å². The van der Waals surface area contributed by atoms with E-state index in [1.165, 1.54) is 4.31 Å². The van der Waals surface area contributed by atoms with Gasteiger partial charge in [0.05, 0.1) is 34.2 Å². The number of anilines is 2. The number of nitriles is 1. The first-order valence-corrected chi connectivity index (χ1v) is 14.5. The van der Waals surface area contributed by atoms with Gasteiger partial charge in [-0.2, -0.15) is 14.7 Å². The average Bonchev–Trinajstić information content (AvgIpc) is 3.35. The van der Waals surface area contributed by atoms with Crippen molar-refractivity contribution in [1.29, 1.82) is 5.26 Å². The quantitative estimate of drug-likeness (QED) is 0.526. The molecule has 11 heteroatoms. The van der Waals surface area contributed by atoms with Crippen LogP contribution in [0.25, 0.3) is 6.08 Å². The summed E-state index contributed by atoms with van der Waals surface area (Å²) in [6.07, 6.45) is 6.52. The molecule has 0 spiro atoms. The second-order valence-corrected chi connectivity index (χ2v) is 13.7. The summed E-state index contributed by atoms with van der Waals surface area (Å²) in [5.41, 5.74) is 1.80. The van der Waals surface area contributed by atoms with E-state index in [2.05, 4.69) is 35.7 Å². The van der Waals surface area contributed by atoms with Gasteiger partial charge in [-0.1, -0.05) is 0 Å². The Morgan fingerprint density at radius 3 is 2.63 bits per heavy atom. The Kier molecular flexibility index (Phi) is 6.59. The lowest BCUT2D eigenvalue weighted by Crippen LogP contribution is -2.44. The van der Waals surface area contributed by atoms with Gasteiger partial charge in [-0.05, 0) is 90.4 Å². The molecule has 1 unspecified atom stereocenters. The molecule has 3 aliphatic rings. The smallest absolute Gasteiger partial charge is 0.244 e. The van der Waals surface area contributed by atoms with Gasteiger partial charge in [0.1, 0.15) is 0 Å². The van der Waals surface area contributed by atoms with Crippen molar-refractivity contribution in [3.05, 3.63) is 41.2 Å². The molecule has 0 amide bonds. The molecule has 1 aromatic heterocycles. The molecule has 0 radical (unpaired) electrons. The molecule has 2 aromatic rings. The van der Waals surface area contributed by atoms with Crippen molar-refractivity contribution < 1.29 is 13.5 Å². The maximum atomic E-state index is 13.1. The summed E-state index contributed by atoms with van der Waals surface area (Å²) in [5, 5.41) is 31.9. The summed E-state index contributed by atoms with van der Waals surface area (Å²) >= 11 is 0. The molecule has 0 bridgehead atoms. The van der Waals surface area contributed by atoms with Gasteiger partial charge < -0.3 is 20.6 Å². The fourth-order valence-corrected chi connectivity index (χ4v) is 7.98. The summed E-state index contributed by atoms with van der Waals surface area (Å²) in [4.78, 5) is 2.56. The van der Waals surface area contributed by atoms with Crippen LogP contribution in [0.3, 0.4) is 0 Å². The number of nitrogens with zero attached hydrogens (tertiary/aromatic N) is 5. The number of hydrogen-bond acceptors (Lipinski definition) is 8. The largest absolute Gasteiger partial charge is 0.369 e. The maximum absolute atomic E-state index is 13.1. The standard InChI is InChI=1S/C27H37N7O3S/c1-26(2,3)33-17-18-16-19(6-7-22(18)38(33,36)37)30-24-23-21(10-15-29-25(23)35)34(31-24)27(13-14-28)11-8-20(9-12-27)32(4)5/h6-7,10,15-16,20,25,29,35H,8-9,11-13,17H2,1-5H3,(H,30,31). The first kappa shape index (κ1) is 26.7. The highest BCUT2D eigenvalue weighted by atomic mass is 32.2. The molecule has 38 heavy (non-hydrogen) atoms. The minimum absolute atomic E-state index is 0.300. The predicted molar refractivity (Wildman–Crippen MR) is 146 cm³/mol. The van der Waals surface area contributed by atoms with Gasteiger partial charge in [0, 0.05) is 30.0 Å². The first-order valence-electron chi connectivity index (χ1n) is 13.1. The Morgan fingerprint density at radius 1 is 1.29 bits per heavy atom. The van der Waals surface area contributed by atoms with Crippen molar-refractivity contribution >= 4 is 27.6 Å². The molecular formula is C27H37N7O3S. The van der Waals surface area contributed by atoms with Crippen LogP contribution >= 0.6 is 0 Å². The van der Waals surface area contributed by atoms with E-state index in [1.807, 2.05) is 37.6 Å². The van der Waals surface area contributed by atoms with Crippen LogP contribution in [0.5, 0.6) is 0 Å².